The van der Waals surface area contributed by atoms with Gasteiger partial charge in [0, 0.05) is 43.8 Å². The summed E-state index contributed by atoms with van der Waals surface area (Å²) in [5.74, 6) is 1.90. The lowest BCUT2D eigenvalue weighted by Crippen LogP contribution is -2.01. The number of benzene rings is 4. The summed E-state index contributed by atoms with van der Waals surface area (Å²) >= 11 is 3.65. The molecule has 0 N–H and O–H groups in total. The topological polar surface area (TPSA) is 56.5 Å². The van der Waals surface area contributed by atoms with Gasteiger partial charge in [-0.2, -0.15) is 0 Å². The summed E-state index contributed by atoms with van der Waals surface area (Å²) < 4.78 is 3.21. The summed E-state index contributed by atoms with van der Waals surface area (Å²) in [7, 11) is 0. The van der Waals surface area contributed by atoms with Crippen molar-refractivity contribution >= 4 is 37.9 Å². The van der Waals surface area contributed by atoms with E-state index in [0.717, 1.165) is 48.8 Å². The Balaban J connectivity index is 1.44. The van der Waals surface area contributed by atoms with Crippen LogP contribution >= 0.6 is 15.9 Å². The molecule has 0 radical (unpaired) electrons. The fourth-order valence-electron chi connectivity index (χ4n) is 4.80. The van der Waals surface area contributed by atoms with Gasteiger partial charge in [0.1, 0.15) is 5.65 Å². The van der Waals surface area contributed by atoms with Gasteiger partial charge in [0.05, 0.1) is 5.52 Å². The number of pyridine rings is 1. The molecule has 0 bridgehead atoms. The third kappa shape index (κ3) is 3.96. The summed E-state index contributed by atoms with van der Waals surface area (Å²) in [6.45, 7) is 0. The van der Waals surface area contributed by atoms with Crippen LogP contribution in [0, 0.1) is 0 Å². The second-order valence-electron chi connectivity index (χ2n) is 8.96. The predicted octanol–water partition coefficient (Wildman–Crippen LogP) is 8.13. The minimum absolute atomic E-state index is 0.620. The van der Waals surface area contributed by atoms with E-state index in [2.05, 4.69) is 56.9 Å². The van der Waals surface area contributed by atoms with Crippen molar-refractivity contribution in [2.24, 2.45) is 0 Å². The van der Waals surface area contributed by atoms with Crippen molar-refractivity contribution in [1.29, 1.82) is 0 Å². The van der Waals surface area contributed by atoms with Crippen LogP contribution in [0.1, 0.15) is 0 Å². The second kappa shape index (κ2) is 9.32. The van der Waals surface area contributed by atoms with Crippen molar-refractivity contribution in [3.8, 4) is 39.9 Å². The number of rotatable bonds is 4. The van der Waals surface area contributed by atoms with Crippen LogP contribution in [0.3, 0.4) is 0 Å². The number of halogens is 1. The summed E-state index contributed by atoms with van der Waals surface area (Å²) in [6, 6.07) is 38.8. The lowest BCUT2D eigenvalue weighted by molar-refractivity contribution is 1.07. The SMILES string of the molecule is Brc1ccc2c3cccnc3n(-c3cccc(-c4nc(-c5ccccc5)nc(-c5ccccc5)n4)c3)c2c1. The Morgan fingerprint density at radius 1 is 0.526 bits per heavy atom. The highest BCUT2D eigenvalue weighted by Gasteiger charge is 2.16. The van der Waals surface area contributed by atoms with Gasteiger partial charge in [-0.05, 0) is 36.4 Å². The summed E-state index contributed by atoms with van der Waals surface area (Å²) in [5.41, 5.74) is 5.77. The molecule has 0 spiro atoms. The molecule has 38 heavy (non-hydrogen) atoms. The maximum Gasteiger partial charge on any atom is 0.164 e. The van der Waals surface area contributed by atoms with Gasteiger partial charge in [-0.1, -0.05) is 94.8 Å². The predicted molar refractivity (Wildman–Crippen MR) is 156 cm³/mol. The normalized spacial score (nSPS) is 11.3. The number of hydrogen-bond acceptors (Lipinski definition) is 4. The molecule has 180 valence electrons. The van der Waals surface area contributed by atoms with E-state index in [1.807, 2.05) is 85.1 Å². The van der Waals surface area contributed by atoms with Crippen LogP contribution in [0.5, 0.6) is 0 Å². The zero-order valence-corrected chi connectivity index (χ0v) is 21.7. The molecule has 7 rings (SSSR count). The molecule has 6 heteroatoms. The number of aromatic nitrogens is 5. The molecule has 0 fully saturated rings. The maximum absolute atomic E-state index is 4.91. The van der Waals surface area contributed by atoms with Crippen molar-refractivity contribution < 1.29 is 0 Å². The zero-order valence-electron chi connectivity index (χ0n) is 20.2. The third-order valence-corrected chi connectivity index (χ3v) is 7.04. The molecule has 4 aromatic carbocycles. The second-order valence-corrected chi connectivity index (χ2v) is 9.88. The van der Waals surface area contributed by atoms with E-state index in [-0.39, 0.29) is 0 Å². The molecule has 0 atom stereocenters. The molecule has 0 amide bonds. The molecule has 5 nitrogen and oxygen atoms in total. The Morgan fingerprint density at radius 2 is 1.16 bits per heavy atom. The van der Waals surface area contributed by atoms with Crippen LogP contribution in [0.15, 0.2) is 126 Å². The number of nitrogens with zero attached hydrogens (tertiary/aromatic N) is 5. The molecule has 3 aromatic heterocycles. The van der Waals surface area contributed by atoms with Gasteiger partial charge < -0.3 is 0 Å². The fourth-order valence-corrected chi connectivity index (χ4v) is 5.15. The summed E-state index contributed by atoms with van der Waals surface area (Å²) in [5, 5.41) is 2.26. The van der Waals surface area contributed by atoms with E-state index in [4.69, 9.17) is 19.9 Å². The third-order valence-electron chi connectivity index (χ3n) is 6.55. The van der Waals surface area contributed by atoms with E-state index < -0.39 is 0 Å². The van der Waals surface area contributed by atoms with E-state index in [1.54, 1.807) is 0 Å². The van der Waals surface area contributed by atoms with Gasteiger partial charge in [-0.25, -0.2) is 19.9 Å². The van der Waals surface area contributed by atoms with Crippen LogP contribution in [0.2, 0.25) is 0 Å². The Labute approximate surface area is 227 Å². The van der Waals surface area contributed by atoms with Crippen molar-refractivity contribution in [2.45, 2.75) is 0 Å². The smallest absolute Gasteiger partial charge is 0.164 e. The molecule has 0 aliphatic carbocycles. The van der Waals surface area contributed by atoms with Gasteiger partial charge >= 0.3 is 0 Å². The van der Waals surface area contributed by atoms with Crippen LogP contribution in [0.4, 0.5) is 0 Å². The van der Waals surface area contributed by atoms with E-state index >= 15 is 0 Å². The van der Waals surface area contributed by atoms with Crippen molar-refractivity contribution in [3.63, 3.8) is 0 Å². The average molecular weight is 554 g/mol. The Kier molecular flexibility index (Phi) is 5.52. The van der Waals surface area contributed by atoms with Crippen LogP contribution < -0.4 is 0 Å². The first-order valence-corrected chi connectivity index (χ1v) is 13.1. The standard InChI is InChI=1S/C32H20BrN5/c33-24-16-17-26-27-15-8-18-34-32(27)38(28(26)20-24)25-14-7-13-23(19-25)31-36-29(21-9-3-1-4-10-21)35-30(37-31)22-11-5-2-6-12-22/h1-20H. The molecular weight excluding hydrogens is 534 g/mol. The van der Waals surface area contributed by atoms with Crippen LogP contribution in [-0.4, -0.2) is 24.5 Å². The Morgan fingerprint density at radius 3 is 1.84 bits per heavy atom. The van der Waals surface area contributed by atoms with Crippen molar-refractivity contribution in [2.75, 3.05) is 0 Å². The highest BCUT2D eigenvalue weighted by atomic mass is 79.9. The molecule has 0 unspecified atom stereocenters. The molecule has 0 aliphatic rings. The van der Waals surface area contributed by atoms with E-state index in [9.17, 15) is 0 Å². The first-order chi connectivity index (χ1) is 18.7. The van der Waals surface area contributed by atoms with Gasteiger partial charge in [-0.3, -0.25) is 4.57 Å². The molecule has 0 aliphatic heterocycles. The van der Waals surface area contributed by atoms with Gasteiger partial charge in [0.2, 0.25) is 0 Å². The average Bonchev–Trinajstić information content (AvgIpc) is 3.31. The summed E-state index contributed by atoms with van der Waals surface area (Å²) in [6.07, 6.45) is 1.83. The number of hydrogen-bond donors (Lipinski definition) is 0. The maximum atomic E-state index is 4.91. The van der Waals surface area contributed by atoms with Gasteiger partial charge in [0.25, 0.3) is 0 Å². The highest BCUT2D eigenvalue weighted by molar-refractivity contribution is 9.10. The first kappa shape index (κ1) is 22.5. The molecule has 7 aromatic rings. The fraction of sp³-hybridized carbons (Fsp3) is 0. The monoisotopic (exact) mass is 553 g/mol. The van der Waals surface area contributed by atoms with Gasteiger partial charge in [0.15, 0.2) is 17.5 Å². The molecule has 3 heterocycles. The minimum Gasteiger partial charge on any atom is -0.294 e. The lowest BCUT2D eigenvalue weighted by atomic mass is 10.1. The molecule has 0 saturated carbocycles. The van der Waals surface area contributed by atoms with Crippen molar-refractivity contribution in [3.05, 3.63) is 126 Å². The quantitative estimate of drug-likeness (QED) is 0.221. The lowest BCUT2D eigenvalue weighted by Gasteiger charge is -2.11. The van der Waals surface area contributed by atoms with Crippen molar-refractivity contribution in [1.82, 2.24) is 24.5 Å². The summed E-state index contributed by atoms with van der Waals surface area (Å²) in [4.78, 5) is 19.4. The zero-order chi connectivity index (χ0) is 25.5. The van der Waals surface area contributed by atoms with E-state index in [1.165, 1.54) is 0 Å². The van der Waals surface area contributed by atoms with Crippen LogP contribution in [0.25, 0.3) is 61.8 Å². The number of fused-ring (bicyclic) bond motifs is 3. The Hall–Kier alpha value is -4.68. The van der Waals surface area contributed by atoms with Gasteiger partial charge in [-0.15, -0.1) is 0 Å². The highest BCUT2D eigenvalue weighted by Crippen LogP contribution is 2.34. The molecule has 0 saturated heterocycles. The van der Waals surface area contributed by atoms with Crippen LogP contribution in [-0.2, 0) is 0 Å². The Bertz CT molecular complexity index is 1870. The first-order valence-electron chi connectivity index (χ1n) is 12.3. The molecular formula is C32H20BrN5. The van der Waals surface area contributed by atoms with E-state index in [0.29, 0.717) is 17.5 Å². The largest absolute Gasteiger partial charge is 0.294 e. The minimum atomic E-state index is 0.620.